The SMILES string of the molecule is CCOC(=O)C(N)(N)C(=O)[C@H](CCCC(=O)OCc1ccccc1)C(=O)OC(C)(C)C. The van der Waals surface area contributed by atoms with E-state index in [1.54, 1.807) is 20.8 Å². The Morgan fingerprint density at radius 1 is 1.00 bits per heavy atom. The molecule has 0 saturated carbocycles. The average molecular weight is 437 g/mol. The summed E-state index contributed by atoms with van der Waals surface area (Å²) in [5.74, 6) is -4.97. The first kappa shape index (κ1) is 26.3. The van der Waals surface area contributed by atoms with E-state index in [2.05, 4.69) is 0 Å². The summed E-state index contributed by atoms with van der Waals surface area (Å²) in [7, 11) is 0. The number of Topliss-reactive ketones (excluding diaryl/α,β-unsaturated/α-hetero) is 1. The predicted octanol–water partition coefficient (Wildman–Crippen LogP) is 1.60. The molecule has 0 saturated heterocycles. The van der Waals surface area contributed by atoms with Crippen LogP contribution in [-0.2, 0) is 40.0 Å². The third-order valence-corrected chi connectivity index (χ3v) is 4.15. The van der Waals surface area contributed by atoms with Crippen molar-refractivity contribution >= 4 is 23.7 Å². The van der Waals surface area contributed by atoms with Crippen molar-refractivity contribution in [1.82, 2.24) is 0 Å². The van der Waals surface area contributed by atoms with Crippen molar-refractivity contribution in [3.8, 4) is 0 Å². The first-order valence-electron chi connectivity index (χ1n) is 10.1. The minimum Gasteiger partial charge on any atom is -0.463 e. The highest BCUT2D eigenvalue weighted by Gasteiger charge is 2.46. The van der Waals surface area contributed by atoms with Crippen LogP contribution in [0.3, 0.4) is 0 Å². The van der Waals surface area contributed by atoms with E-state index >= 15 is 0 Å². The molecule has 0 radical (unpaired) electrons. The van der Waals surface area contributed by atoms with E-state index in [-0.39, 0.29) is 32.5 Å². The third kappa shape index (κ3) is 8.85. The highest BCUT2D eigenvalue weighted by molar-refractivity contribution is 6.14. The quantitative estimate of drug-likeness (QED) is 0.228. The van der Waals surface area contributed by atoms with Gasteiger partial charge in [0.1, 0.15) is 18.1 Å². The molecule has 0 unspecified atom stereocenters. The Morgan fingerprint density at radius 3 is 2.16 bits per heavy atom. The Balaban J connectivity index is 2.78. The number of nitrogens with two attached hydrogens (primary N) is 2. The van der Waals surface area contributed by atoms with Gasteiger partial charge in [-0.15, -0.1) is 0 Å². The van der Waals surface area contributed by atoms with Gasteiger partial charge in [-0.05, 0) is 46.1 Å². The van der Waals surface area contributed by atoms with Crippen LogP contribution in [0.1, 0.15) is 52.5 Å². The number of benzene rings is 1. The van der Waals surface area contributed by atoms with Crippen LogP contribution in [0.25, 0.3) is 0 Å². The summed E-state index contributed by atoms with van der Waals surface area (Å²) in [5, 5.41) is 0. The van der Waals surface area contributed by atoms with Crippen LogP contribution in [0.15, 0.2) is 30.3 Å². The molecule has 0 fully saturated rings. The lowest BCUT2D eigenvalue weighted by atomic mass is 9.89. The normalized spacial score (nSPS) is 12.6. The van der Waals surface area contributed by atoms with Crippen LogP contribution in [0, 0.1) is 5.92 Å². The number of carbonyl (C=O) groups excluding carboxylic acids is 4. The van der Waals surface area contributed by atoms with E-state index in [1.165, 1.54) is 6.92 Å². The largest absolute Gasteiger partial charge is 0.463 e. The summed E-state index contributed by atoms with van der Waals surface area (Å²) in [5.41, 5.74) is 8.83. The zero-order chi connectivity index (χ0) is 23.7. The fourth-order valence-corrected chi connectivity index (χ4v) is 2.63. The molecule has 0 heterocycles. The number of esters is 3. The molecule has 9 nitrogen and oxygen atoms in total. The number of hydrogen-bond donors (Lipinski definition) is 2. The van der Waals surface area contributed by atoms with Gasteiger partial charge in [-0.25, -0.2) is 4.79 Å². The lowest BCUT2D eigenvalue weighted by molar-refractivity contribution is -0.166. The molecule has 1 aromatic carbocycles. The number of hydrogen-bond acceptors (Lipinski definition) is 9. The Labute approximate surface area is 182 Å². The minimum absolute atomic E-state index is 0.0351. The molecule has 1 atom stereocenters. The van der Waals surface area contributed by atoms with Crippen molar-refractivity contribution in [1.29, 1.82) is 0 Å². The van der Waals surface area contributed by atoms with Gasteiger partial charge < -0.3 is 14.2 Å². The summed E-state index contributed by atoms with van der Waals surface area (Å²) < 4.78 is 15.2. The van der Waals surface area contributed by atoms with Gasteiger partial charge in [-0.1, -0.05) is 30.3 Å². The van der Waals surface area contributed by atoms with E-state index in [1.807, 2.05) is 30.3 Å². The molecule has 0 aliphatic heterocycles. The Bertz CT molecular complexity index is 770. The molecule has 0 aromatic heterocycles. The first-order valence-corrected chi connectivity index (χ1v) is 10.1. The van der Waals surface area contributed by atoms with Crippen LogP contribution in [0.2, 0.25) is 0 Å². The molecule has 1 rings (SSSR count). The van der Waals surface area contributed by atoms with E-state index in [0.717, 1.165) is 5.56 Å². The van der Waals surface area contributed by atoms with E-state index < -0.39 is 40.9 Å². The molecular weight excluding hydrogens is 404 g/mol. The standard InChI is InChI=1S/C22H32N2O7/c1-5-29-20(28)22(23,24)18(26)16(19(27)31-21(2,3)4)12-9-13-17(25)30-14-15-10-7-6-8-11-15/h6-8,10-11,16H,5,9,12-14,23-24H2,1-4H3/t16-/m0/s1. The molecule has 0 aliphatic carbocycles. The van der Waals surface area contributed by atoms with Gasteiger partial charge >= 0.3 is 17.9 Å². The maximum absolute atomic E-state index is 12.8. The Morgan fingerprint density at radius 2 is 1.61 bits per heavy atom. The van der Waals surface area contributed by atoms with E-state index in [0.29, 0.717) is 0 Å². The summed E-state index contributed by atoms with van der Waals surface area (Å²) in [4.78, 5) is 49.4. The molecule has 0 aliphatic rings. The van der Waals surface area contributed by atoms with Crippen LogP contribution >= 0.6 is 0 Å². The fourth-order valence-electron chi connectivity index (χ4n) is 2.63. The monoisotopic (exact) mass is 436 g/mol. The molecular formula is C22H32N2O7. The van der Waals surface area contributed by atoms with Gasteiger partial charge in [0.2, 0.25) is 5.66 Å². The van der Waals surface area contributed by atoms with Crippen molar-refractivity contribution in [2.45, 2.75) is 64.8 Å². The maximum atomic E-state index is 12.8. The first-order chi connectivity index (χ1) is 14.4. The molecule has 1 aromatic rings. The van der Waals surface area contributed by atoms with Crippen molar-refractivity contribution in [3.63, 3.8) is 0 Å². The highest BCUT2D eigenvalue weighted by atomic mass is 16.6. The lowest BCUT2D eigenvalue weighted by Crippen LogP contribution is -2.65. The van der Waals surface area contributed by atoms with Crippen LogP contribution in [-0.4, -0.2) is 41.6 Å². The molecule has 0 spiro atoms. The number of ketones is 1. The van der Waals surface area contributed by atoms with Crippen molar-refractivity contribution in [2.24, 2.45) is 17.4 Å². The van der Waals surface area contributed by atoms with Crippen LogP contribution < -0.4 is 11.5 Å². The van der Waals surface area contributed by atoms with Crippen molar-refractivity contribution in [3.05, 3.63) is 35.9 Å². The second-order valence-corrected chi connectivity index (χ2v) is 8.08. The second-order valence-electron chi connectivity index (χ2n) is 8.08. The summed E-state index contributed by atoms with van der Waals surface area (Å²) >= 11 is 0. The maximum Gasteiger partial charge on any atom is 0.348 e. The number of ether oxygens (including phenoxy) is 3. The van der Waals surface area contributed by atoms with E-state index in [9.17, 15) is 19.2 Å². The zero-order valence-electron chi connectivity index (χ0n) is 18.5. The second kappa shape index (κ2) is 11.6. The molecule has 172 valence electrons. The summed E-state index contributed by atoms with van der Waals surface area (Å²) in [6, 6.07) is 9.15. The molecule has 4 N–H and O–H groups in total. The van der Waals surface area contributed by atoms with Gasteiger partial charge in [-0.2, -0.15) is 0 Å². The summed E-state index contributed by atoms with van der Waals surface area (Å²) in [6.45, 7) is 6.52. The lowest BCUT2D eigenvalue weighted by Gasteiger charge is -2.27. The van der Waals surface area contributed by atoms with Crippen LogP contribution in [0.4, 0.5) is 0 Å². The third-order valence-electron chi connectivity index (χ3n) is 4.15. The minimum atomic E-state index is -2.51. The van der Waals surface area contributed by atoms with E-state index in [4.69, 9.17) is 25.7 Å². The molecule has 0 amide bonds. The van der Waals surface area contributed by atoms with Crippen molar-refractivity contribution < 1.29 is 33.4 Å². The van der Waals surface area contributed by atoms with Gasteiger partial charge in [0, 0.05) is 6.42 Å². The van der Waals surface area contributed by atoms with Gasteiger partial charge in [-0.3, -0.25) is 25.9 Å². The number of carbonyl (C=O) groups is 4. The van der Waals surface area contributed by atoms with Gasteiger partial charge in [0.25, 0.3) is 0 Å². The van der Waals surface area contributed by atoms with Gasteiger partial charge in [0.05, 0.1) is 6.61 Å². The molecule has 9 heteroatoms. The van der Waals surface area contributed by atoms with Crippen LogP contribution in [0.5, 0.6) is 0 Å². The molecule has 31 heavy (non-hydrogen) atoms. The highest BCUT2D eigenvalue weighted by Crippen LogP contribution is 2.21. The Hall–Kier alpha value is -2.78. The Kier molecular flexibility index (Phi) is 9.80. The average Bonchev–Trinajstić information content (AvgIpc) is 2.68. The zero-order valence-corrected chi connectivity index (χ0v) is 18.5. The molecule has 0 bridgehead atoms. The van der Waals surface area contributed by atoms with Crippen molar-refractivity contribution in [2.75, 3.05) is 6.61 Å². The predicted molar refractivity (Wildman–Crippen MR) is 112 cm³/mol. The summed E-state index contributed by atoms with van der Waals surface area (Å²) in [6.07, 6.45) is -0.00707. The number of rotatable bonds is 11. The fraction of sp³-hybridized carbons (Fsp3) is 0.545. The topological polar surface area (TPSA) is 148 Å². The van der Waals surface area contributed by atoms with Gasteiger partial charge in [0.15, 0.2) is 5.78 Å². The smallest absolute Gasteiger partial charge is 0.348 e.